The summed E-state index contributed by atoms with van der Waals surface area (Å²) in [5.74, 6) is -0.176. The van der Waals surface area contributed by atoms with E-state index in [0.717, 1.165) is 31.2 Å². The van der Waals surface area contributed by atoms with E-state index in [1.807, 2.05) is 6.07 Å². The maximum atomic E-state index is 12.8. The summed E-state index contributed by atoms with van der Waals surface area (Å²) < 4.78 is 32.7. The molecule has 0 radical (unpaired) electrons. The zero-order valence-electron chi connectivity index (χ0n) is 14.9. The van der Waals surface area contributed by atoms with Crippen molar-refractivity contribution in [2.24, 2.45) is 5.73 Å². The van der Waals surface area contributed by atoms with Crippen LogP contribution in [0.15, 0.2) is 29.2 Å². The average molecular weight is 381 g/mol. The first-order valence-electron chi connectivity index (χ1n) is 9.23. The number of nitrogens with two attached hydrogens (primary N) is 1. The zero-order valence-corrected chi connectivity index (χ0v) is 15.7. The minimum atomic E-state index is -3.47. The van der Waals surface area contributed by atoms with Gasteiger partial charge in [0.25, 0.3) is 0 Å². The summed E-state index contributed by atoms with van der Waals surface area (Å²) in [5, 5.41) is 2.83. The van der Waals surface area contributed by atoms with E-state index in [1.165, 1.54) is 0 Å². The van der Waals surface area contributed by atoms with Crippen LogP contribution >= 0.6 is 0 Å². The number of nitrogens with one attached hydrogen (secondary N) is 1. The highest BCUT2D eigenvalue weighted by Gasteiger charge is 2.30. The molecular weight excluding hydrogens is 354 g/mol. The number of sulfonamides is 1. The third-order valence-corrected chi connectivity index (χ3v) is 6.88. The number of rotatable bonds is 6. The number of nitrogens with zero attached hydrogens (tertiary/aromatic N) is 1. The molecule has 2 atom stereocenters. The van der Waals surface area contributed by atoms with Gasteiger partial charge in [0.05, 0.1) is 11.0 Å². The topological polar surface area (TPSA) is 102 Å². The largest absolute Gasteiger partial charge is 0.364 e. The van der Waals surface area contributed by atoms with Crippen LogP contribution in [0.5, 0.6) is 0 Å². The normalized spacial score (nSPS) is 24.5. The summed E-state index contributed by atoms with van der Waals surface area (Å²) in [6, 6.07) is 6.78. The van der Waals surface area contributed by atoms with Gasteiger partial charge in [-0.1, -0.05) is 18.6 Å². The number of hydrogen-bond donors (Lipinski definition) is 2. The fourth-order valence-electron chi connectivity index (χ4n) is 3.45. The first-order chi connectivity index (χ1) is 12.5. The summed E-state index contributed by atoms with van der Waals surface area (Å²) in [4.78, 5) is 12.5. The van der Waals surface area contributed by atoms with Gasteiger partial charge in [0.15, 0.2) is 0 Å². The van der Waals surface area contributed by atoms with Crippen LogP contribution in [0.1, 0.15) is 37.7 Å². The minimum absolute atomic E-state index is 0.0521. The predicted molar refractivity (Wildman–Crippen MR) is 97.8 cm³/mol. The molecule has 1 aromatic rings. The van der Waals surface area contributed by atoms with E-state index in [4.69, 9.17) is 10.5 Å². The molecule has 3 rings (SSSR count). The van der Waals surface area contributed by atoms with Gasteiger partial charge in [-0.3, -0.25) is 4.79 Å². The van der Waals surface area contributed by atoms with Gasteiger partial charge in [-0.25, -0.2) is 8.42 Å². The third-order valence-electron chi connectivity index (χ3n) is 4.98. The molecule has 0 bridgehead atoms. The van der Waals surface area contributed by atoms with Gasteiger partial charge in [-0.2, -0.15) is 4.31 Å². The van der Waals surface area contributed by atoms with E-state index in [-0.39, 0.29) is 23.5 Å². The molecule has 2 heterocycles. The predicted octanol–water partition coefficient (Wildman–Crippen LogP) is 0.984. The van der Waals surface area contributed by atoms with Gasteiger partial charge in [-0.15, -0.1) is 0 Å². The van der Waals surface area contributed by atoms with Crippen LogP contribution in [-0.4, -0.2) is 50.5 Å². The molecule has 1 aromatic carbocycles. The molecule has 0 spiro atoms. The van der Waals surface area contributed by atoms with E-state index in [1.54, 1.807) is 22.5 Å². The molecule has 7 nitrogen and oxygen atoms in total. The lowest BCUT2D eigenvalue weighted by atomic mass is 10.2. The highest BCUT2D eigenvalue weighted by atomic mass is 32.2. The lowest BCUT2D eigenvalue weighted by Crippen LogP contribution is -2.36. The van der Waals surface area contributed by atoms with E-state index < -0.39 is 16.1 Å². The Balaban J connectivity index is 1.61. The number of carbonyl (C=O) groups is 1. The second-order valence-electron chi connectivity index (χ2n) is 6.89. The molecule has 26 heavy (non-hydrogen) atoms. The summed E-state index contributed by atoms with van der Waals surface area (Å²) in [6.07, 6.45) is 3.81. The van der Waals surface area contributed by atoms with Crippen LogP contribution in [0.25, 0.3) is 0 Å². The van der Waals surface area contributed by atoms with Crippen LogP contribution in [0.3, 0.4) is 0 Å². The van der Waals surface area contributed by atoms with Crippen molar-refractivity contribution in [3.05, 3.63) is 29.8 Å². The first-order valence-corrected chi connectivity index (χ1v) is 10.7. The van der Waals surface area contributed by atoms with E-state index in [9.17, 15) is 13.2 Å². The highest BCUT2D eigenvalue weighted by Crippen LogP contribution is 2.22. The van der Waals surface area contributed by atoms with Crippen LogP contribution in [0, 0.1) is 0 Å². The van der Waals surface area contributed by atoms with Crippen molar-refractivity contribution >= 4 is 15.9 Å². The van der Waals surface area contributed by atoms with E-state index in [0.29, 0.717) is 26.1 Å². The maximum absolute atomic E-state index is 12.8. The molecule has 0 aromatic heterocycles. The molecule has 0 aliphatic carbocycles. The molecule has 1 amide bonds. The number of piperidine rings is 1. The molecule has 2 saturated heterocycles. The SMILES string of the molecule is NC[C@H]1CC[C@@H](C(=O)NCc2cccc(S(=O)(=O)N3CCCCC3)c2)O1. The van der Waals surface area contributed by atoms with Crippen LogP contribution in [-0.2, 0) is 26.1 Å². The number of hydrogen-bond acceptors (Lipinski definition) is 5. The van der Waals surface area contributed by atoms with E-state index in [2.05, 4.69) is 5.32 Å². The Morgan fingerprint density at radius 2 is 2.00 bits per heavy atom. The van der Waals surface area contributed by atoms with Crippen molar-refractivity contribution in [1.29, 1.82) is 0 Å². The quantitative estimate of drug-likeness (QED) is 0.765. The van der Waals surface area contributed by atoms with Crippen LogP contribution in [0.2, 0.25) is 0 Å². The number of amides is 1. The molecular formula is C18H27N3O4S. The molecule has 2 aliphatic rings. The maximum Gasteiger partial charge on any atom is 0.249 e. The van der Waals surface area contributed by atoms with Gasteiger partial charge >= 0.3 is 0 Å². The number of ether oxygens (including phenoxy) is 1. The molecule has 144 valence electrons. The van der Waals surface area contributed by atoms with Crippen molar-refractivity contribution in [3.8, 4) is 0 Å². The molecule has 3 N–H and O–H groups in total. The second-order valence-corrected chi connectivity index (χ2v) is 8.83. The van der Waals surface area contributed by atoms with Crippen molar-refractivity contribution < 1.29 is 17.9 Å². The molecule has 8 heteroatoms. The third kappa shape index (κ3) is 4.43. The Hall–Kier alpha value is -1.48. The fourth-order valence-corrected chi connectivity index (χ4v) is 5.03. The Morgan fingerprint density at radius 1 is 1.23 bits per heavy atom. The van der Waals surface area contributed by atoms with E-state index >= 15 is 0 Å². The molecule has 2 aliphatic heterocycles. The highest BCUT2D eigenvalue weighted by molar-refractivity contribution is 7.89. The smallest absolute Gasteiger partial charge is 0.249 e. The first kappa shape index (κ1) is 19.3. The standard InChI is InChI=1S/C18H27N3O4S/c19-12-15-7-8-17(25-15)18(22)20-13-14-5-4-6-16(11-14)26(23,24)21-9-2-1-3-10-21/h4-6,11,15,17H,1-3,7-10,12-13,19H2,(H,20,22)/t15-,17+/m1/s1. The fraction of sp³-hybridized carbons (Fsp3) is 0.611. The van der Waals surface area contributed by atoms with Gasteiger partial charge in [-0.05, 0) is 43.4 Å². The average Bonchev–Trinajstić information content (AvgIpc) is 3.16. The molecule has 2 fully saturated rings. The van der Waals surface area contributed by atoms with Crippen molar-refractivity contribution in [2.75, 3.05) is 19.6 Å². The molecule has 0 unspecified atom stereocenters. The van der Waals surface area contributed by atoms with Gasteiger partial charge in [0, 0.05) is 26.2 Å². The van der Waals surface area contributed by atoms with Gasteiger partial charge in [0.1, 0.15) is 6.10 Å². The summed E-state index contributed by atoms with van der Waals surface area (Å²) in [7, 11) is -3.47. The number of carbonyl (C=O) groups excluding carboxylic acids is 1. The van der Waals surface area contributed by atoms with Gasteiger partial charge < -0.3 is 15.8 Å². The van der Waals surface area contributed by atoms with Crippen molar-refractivity contribution in [2.45, 2.75) is 55.8 Å². The summed E-state index contributed by atoms with van der Waals surface area (Å²) in [6.45, 7) is 1.84. The van der Waals surface area contributed by atoms with Crippen molar-refractivity contribution in [1.82, 2.24) is 9.62 Å². The molecule has 0 saturated carbocycles. The Morgan fingerprint density at radius 3 is 2.69 bits per heavy atom. The lowest BCUT2D eigenvalue weighted by molar-refractivity contribution is -0.132. The lowest BCUT2D eigenvalue weighted by Gasteiger charge is -2.26. The zero-order chi connectivity index (χ0) is 18.6. The summed E-state index contributed by atoms with van der Waals surface area (Å²) in [5.41, 5.74) is 6.32. The number of benzene rings is 1. The Kier molecular flexibility index (Phi) is 6.29. The summed E-state index contributed by atoms with van der Waals surface area (Å²) >= 11 is 0. The van der Waals surface area contributed by atoms with Crippen LogP contribution in [0.4, 0.5) is 0 Å². The minimum Gasteiger partial charge on any atom is -0.364 e. The Labute approximate surface area is 154 Å². The van der Waals surface area contributed by atoms with Crippen LogP contribution < -0.4 is 11.1 Å². The van der Waals surface area contributed by atoms with Crippen molar-refractivity contribution in [3.63, 3.8) is 0 Å². The van der Waals surface area contributed by atoms with Gasteiger partial charge in [0.2, 0.25) is 15.9 Å². The second kappa shape index (κ2) is 8.47. The Bertz CT molecular complexity index is 732. The monoisotopic (exact) mass is 381 g/mol.